The Bertz CT molecular complexity index is 442. The molecule has 1 amide bonds. The smallest absolute Gasteiger partial charge is 0.233 e. The van der Waals surface area contributed by atoms with Gasteiger partial charge in [0.15, 0.2) is 0 Å². The van der Waals surface area contributed by atoms with E-state index in [1.807, 2.05) is 6.92 Å². The van der Waals surface area contributed by atoms with E-state index in [4.69, 9.17) is 0 Å². The van der Waals surface area contributed by atoms with E-state index in [-0.39, 0.29) is 11.7 Å². The van der Waals surface area contributed by atoms with Gasteiger partial charge < -0.3 is 5.32 Å². The molecular formula is C10H17N3O3S. The summed E-state index contributed by atoms with van der Waals surface area (Å²) < 4.78 is 24.5. The van der Waals surface area contributed by atoms with Crippen LogP contribution in [-0.4, -0.2) is 37.8 Å². The Balaban J connectivity index is 3.04. The molecule has 1 saturated heterocycles. The van der Waals surface area contributed by atoms with Crippen LogP contribution >= 0.6 is 0 Å². The number of carbonyl (C=O) groups excluding carboxylic acids is 1. The summed E-state index contributed by atoms with van der Waals surface area (Å²) >= 11 is 0. The molecule has 1 heterocycles. The highest BCUT2D eigenvalue weighted by atomic mass is 32.2. The van der Waals surface area contributed by atoms with Crippen molar-refractivity contribution in [3.05, 3.63) is 12.4 Å². The van der Waals surface area contributed by atoms with Gasteiger partial charge in [-0.15, -0.1) is 0 Å². The Morgan fingerprint density at radius 1 is 1.65 bits per heavy atom. The molecule has 0 aliphatic carbocycles. The fourth-order valence-corrected chi connectivity index (χ4v) is 2.79. The maximum atomic E-state index is 11.6. The molecule has 0 radical (unpaired) electrons. The summed E-state index contributed by atoms with van der Waals surface area (Å²) in [5.74, 6) is 0.624. The topological polar surface area (TPSA) is 78.8 Å². The highest BCUT2D eigenvalue weighted by molar-refractivity contribution is 7.88. The zero-order chi connectivity index (χ0) is 13.1. The number of carbonyl (C=O) groups is 1. The molecule has 96 valence electrons. The van der Waals surface area contributed by atoms with Gasteiger partial charge in [0, 0.05) is 12.5 Å². The summed E-state index contributed by atoms with van der Waals surface area (Å²) in [5.41, 5.74) is 0. The molecule has 1 fully saturated rings. The molecule has 1 N–H and O–H groups in total. The van der Waals surface area contributed by atoms with Gasteiger partial charge in [0.05, 0.1) is 6.26 Å². The Morgan fingerprint density at radius 3 is 2.82 bits per heavy atom. The zero-order valence-electron chi connectivity index (χ0n) is 10.0. The summed E-state index contributed by atoms with van der Waals surface area (Å²) in [7, 11) is -3.32. The van der Waals surface area contributed by atoms with Crippen LogP contribution in [0.1, 0.15) is 19.8 Å². The normalized spacial score (nSPS) is 23.5. The molecule has 1 rings (SSSR count). The molecule has 1 atom stereocenters. The fourth-order valence-electron chi connectivity index (χ4n) is 1.77. The number of rotatable bonds is 4. The van der Waals surface area contributed by atoms with Crippen molar-refractivity contribution in [1.82, 2.24) is 9.62 Å². The summed E-state index contributed by atoms with van der Waals surface area (Å²) in [4.78, 5) is 14.3. The summed E-state index contributed by atoms with van der Waals surface area (Å²) in [6.07, 6.45) is 3.29. The molecular weight excluding hydrogens is 242 g/mol. The van der Waals surface area contributed by atoms with Gasteiger partial charge in [-0.1, -0.05) is 13.5 Å². The Kier molecular flexibility index (Phi) is 4.28. The first-order chi connectivity index (χ1) is 7.86. The highest BCUT2D eigenvalue weighted by Crippen LogP contribution is 2.21. The van der Waals surface area contributed by atoms with E-state index >= 15 is 0 Å². The van der Waals surface area contributed by atoms with E-state index < -0.39 is 10.0 Å². The van der Waals surface area contributed by atoms with Crippen LogP contribution in [0.25, 0.3) is 0 Å². The van der Waals surface area contributed by atoms with Crippen molar-refractivity contribution < 1.29 is 13.2 Å². The van der Waals surface area contributed by atoms with Gasteiger partial charge in [-0.25, -0.2) is 13.4 Å². The summed E-state index contributed by atoms with van der Waals surface area (Å²) in [6, 6.07) is 0. The molecule has 1 unspecified atom stereocenters. The van der Waals surface area contributed by atoms with Crippen LogP contribution in [0.5, 0.6) is 0 Å². The largest absolute Gasteiger partial charge is 0.314 e. The van der Waals surface area contributed by atoms with Gasteiger partial charge in [-0.05, 0) is 12.8 Å². The fraction of sp³-hybridized carbons (Fsp3) is 0.600. The van der Waals surface area contributed by atoms with Gasteiger partial charge in [-0.2, -0.15) is 0 Å². The first-order valence-corrected chi connectivity index (χ1v) is 7.16. The van der Waals surface area contributed by atoms with Crippen molar-refractivity contribution in [3.8, 4) is 0 Å². The van der Waals surface area contributed by atoms with Crippen LogP contribution < -0.4 is 5.32 Å². The van der Waals surface area contributed by atoms with Crippen LogP contribution in [0.2, 0.25) is 0 Å². The number of hydrogen-bond donors (Lipinski definition) is 1. The first-order valence-electron chi connectivity index (χ1n) is 5.31. The Morgan fingerprint density at radius 2 is 2.29 bits per heavy atom. The third kappa shape index (κ3) is 3.55. The van der Waals surface area contributed by atoms with Crippen molar-refractivity contribution in [1.29, 1.82) is 0 Å². The molecule has 0 spiro atoms. The lowest BCUT2D eigenvalue weighted by Gasteiger charge is -2.32. The van der Waals surface area contributed by atoms with Crippen molar-refractivity contribution >= 4 is 22.3 Å². The molecule has 0 aromatic rings. The summed E-state index contributed by atoms with van der Waals surface area (Å²) in [5, 5.41) is 2.30. The molecule has 0 bridgehead atoms. The number of sulfonamides is 1. The molecule has 1 aliphatic rings. The second kappa shape index (κ2) is 5.31. The van der Waals surface area contributed by atoms with Crippen LogP contribution in [0.3, 0.4) is 0 Å². The zero-order valence-corrected chi connectivity index (χ0v) is 10.8. The molecule has 7 heteroatoms. The van der Waals surface area contributed by atoms with Crippen LogP contribution in [0.15, 0.2) is 17.4 Å². The molecule has 0 saturated carbocycles. The monoisotopic (exact) mass is 259 g/mol. The van der Waals surface area contributed by atoms with E-state index in [1.165, 1.54) is 4.31 Å². The second-order valence-electron chi connectivity index (χ2n) is 4.06. The van der Waals surface area contributed by atoms with Gasteiger partial charge in [0.25, 0.3) is 0 Å². The third-order valence-corrected chi connectivity index (χ3v) is 3.74. The van der Waals surface area contributed by atoms with E-state index in [0.717, 1.165) is 19.1 Å². The minimum atomic E-state index is -3.32. The maximum absolute atomic E-state index is 11.6. The minimum Gasteiger partial charge on any atom is -0.314 e. The van der Waals surface area contributed by atoms with E-state index in [1.54, 1.807) is 0 Å². The lowest BCUT2D eigenvalue weighted by molar-refractivity contribution is -0.108. The van der Waals surface area contributed by atoms with Crippen LogP contribution in [0.4, 0.5) is 0 Å². The first kappa shape index (κ1) is 13.7. The molecule has 1 aliphatic heterocycles. The number of nitrogens with zero attached hydrogens (tertiary/aromatic N) is 2. The maximum Gasteiger partial charge on any atom is 0.233 e. The highest BCUT2D eigenvalue weighted by Gasteiger charge is 2.29. The van der Waals surface area contributed by atoms with Crippen LogP contribution in [0, 0.1) is 5.92 Å². The van der Waals surface area contributed by atoms with Gasteiger partial charge in [-0.3, -0.25) is 9.10 Å². The molecule has 0 aromatic carbocycles. The average molecular weight is 259 g/mol. The van der Waals surface area contributed by atoms with E-state index in [2.05, 4.69) is 16.9 Å². The lowest BCUT2D eigenvalue weighted by atomic mass is 10.0. The molecule has 17 heavy (non-hydrogen) atoms. The predicted molar refractivity (Wildman–Crippen MR) is 65.7 cm³/mol. The number of hydrogen-bond acceptors (Lipinski definition) is 4. The Labute approximate surface area is 101 Å². The van der Waals surface area contributed by atoms with Gasteiger partial charge in [0.1, 0.15) is 11.7 Å². The number of aliphatic imine (C=N–C) groups is 1. The second-order valence-corrected chi connectivity index (χ2v) is 5.96. The standard InChI is InChI=1S/C10H17N3O3S/c1-8-5-4-6-13(17(3,15)16)10(8)12-9(2)11-7-14/h7-8H,2,4-6H2,1,3H3,(H,11,14)/b12-10+. The van der Waals surface area contributed by atoms with Gasteiger partial charge in [0.2, 0.25) is 16.4 Å². The average Bonchev–Trinajstić information content (AvgIpc) is 2.19. The predicted octanol–water partition coefficient (Wildman–Crippen LogP) is 0.294. The van der Waals surface area contributed by atoms with E-state index in [0.29, 0.717) is 18.8 Å². The number of piperidine rings is 1. The summed E-state index contributed by atoms with van der Waals surface area (Å²) in [6.45, 7) is 5.87. The number of amidine groups is 1. The number of amides is 1. The minimum absolute atomic E-state index is 0.0312. The molecule has 6 nitrogen and oxygen atoms in total. The third-order valence-electron chi connectivity index (χ3n) is 2.57. The Hall–Kier alpha value is -1.37. The number of nitrogens with one attached hydrogen (secondary N) is 1. The lowest BCUT2D eigenvalue weighted by Crippen LogP contribution is -2.44. The van der Waals surface area contributed by atoms with Crippen molar-refractivity contribution in [3.63, 3.8) is 0 Å². The van der Waals surface area contributed by atoms with E-state index in [9.17, 15) is 13.2 Å². The van der Waals surface area contributed by atoms with Crippen molar-refractivity contribution in [2.45, 2.75) is 19.8 Å². The SMILES string of the molecule is C=C(/N=C1\C(C)CCCN1S(C)(=O)=O)NC=O. The van der Waals surface area contributed by atoms with Gasteiger partial charge >= 0.3 is 0 Å². The van der Waals surface area contributed by atoms with Crippen LogP contribution in [-0.2, 0) is 14.8 Å². The van der Waals surface area contributed by atoms with Crippen molar-refractivity contribution in [2.75, 3.05) is 12.8 Å². The molecule has 0 aromatic heterocycles. The quantitative estimate of drug-likeness (QED) is 0.737. The van der Waals surface area contributed by atoms with Crippen molar-refractivity contribution in [2.24, 2.45) is 10.9 Å².